The van der Waals surface area contributed by atoms with Gasteiger partial charge in [-0.3, -0.25) is 0 Å². The maximum absolute atomic E-state index is 12.5. The van der Waals surface area contributed by atoms with Gasteiger partial charge in [-0.05, 0) is 23.8 Å². The summed E-state index contributed by atoms with van der Waals surface area (Å²) in [5, 5.41) is 0. The number of halogens is 3. The summed E-state index contributed by atoms with van der Waals surface area (Å²) in [4.78, 5) is 5.58. The summed E-state index contributed by atoms with van der Waals surface area (Å²) in [6.07, 6.45) is -3.53. The van der Waals surface area contributed by atoms with E-state index in [4.69, 9.17) is 5.73 Å². The van der Waals surface area contributed by atoms with Crippen LogP contribution in [0.25, 0.3) is 0 Å². The van der Waals surface area contributed by atoms with Crippen molar-refractivity contribution in [1.29, 1.82) is 0 Å². The summed E-state index contributed by atoms with van der Waals surface area (Å²) in [6, 6.07) is 9.71. The Labute approximate surface area is 114 Å². The molecule has 0 aliphatic heterocycles. The number of benzene rings is 1. The van der Waals surface area contributed by atoms with Crippen LogP contribution in [0.15, 0.2) is 42.6 Å². The summed E-state index contributed by atoms with van der Waals surface area (Å²) >= 11 is 0. The molecule has 0 unspecified atom stereocenters. The van der Waals surface area contributed by atoms with Crippen LogP contribution in [-0.2, 0) is 12.7 Å². The van der Waals surface area contributed by atoms with Gasteiger partial charge in [-0.2, -0.15) is 13.2 Å². The molecule has 6 heteroatoms. The first kappa shape index (κ1) is 14.2. The zero-order valence-corrected chi connectivity index (χ0v) is 10.9. The lowest BCUT2D eigenvalue weighted by atomic mass is 10.1. The predicted octanol–water partition coefficient (Wildman–Crippen LogP) is 3.32. The molecule has 0 bridgehead atoms. The number of aromatic nitrogens is 1. The second kappa shape index (κ2) is 5.40. The normalized spacial score (nSPS) is 11.4. The molecule has 0 radical (unpaired) electrons. The van der Waals surface area contributed by atoms with Crippen LogP contribution in [-0.4, -0.2) is 12.0 Å². The maximum atomic E-state index is 12.5. The lowest BCUT2D eigenvalue weighted by Crippen LogP contribution is -2.19. The number of para-hydroxylation sites is 1. The molecule has 0 saturated carbocycles. The number of rotatable bonds is 3. The van der Waals surface area contributed by atoms with E-state index in [0.717, 1.165) is 17.8 Å². The van der Waals surface area contributed by atoms with E-state index in [-0.39, 0.29) is 0 Å². The van der Waals surface area contributed by atoms with Gasteiger partial charge in [-0.1, -0.05) is 18.2 Å². The van der Waals surface area contributed by atoms with Crippen molar-refractivity contribution in [2.24, 2.45) is 0 Å². The second-order valence-corrected chi connectivity index (χ2v) is 4.46. The topological polar surface area (TPSA) is 42.1 Å². The van der Waals surface area contributed by atoms with E-state index < -0.39 is 11.7 Å². The number of nitrogen functional groups attached to an aromatic ring is 1. The fraction of sp³-hybridized carbons (Fsp3) is 0.214. The van der Waals surface area contributed by atoms with Crippen LogP contribution in [0, 0.1) is 0 Å². The van der Waals surface area contributed by atoms with E-state index in [1.165, 1.54) is 6.07 Å². The number of nitrogens with two attached hydrogens (primary N) is 1. The second-order valence-electron chi connectivity index (χ2n) is 4.46. The van der Waals surface area contributed by atoms with Crippen molar-refractivity contribution in [2.45, 2.75) is 12.7 Å². The molecule has 0 amide bonds. The monoisotopic (exact) mass is 281 g/mol. The molecule has 2 aromatic rings. The van der Waals surface area contributed by atoms with Gasteiger partial charge in [-0.25, -0.2) is 4.98 Å². The number of hydrogen-bond acceptors (Lipinski definition) is 3. The smallest absolute Gasteiger partial charge is 0.398 e. The van der Waals surface area contributed by atoms with Crippen molar-refractivity contribution in [3.63, 3.8) is 0 Å². The highest BCUT2D eigenvalue weighted by atomic mass is 19.4. The first-order valence-corrected chi connectivity index (χ1v) is 5.95. The molecular formula is C14H14F3N3. The predicted molar refractivity (Wildman–Crippen MR) is 72.2 cm³/mol. The molecule has 0 aliphatic rings. The molecule has 0 aliphatic carbocycles. The molecular weight excluding hydrogens is 267 g/mol. The highest BCUT2D eigenvalue weighted by Crippen LogP contribution is 2.29. The SMILES string of the molecule is CN(Cc1ccccc1N)c1ccc(C(F)(F)F)cn1. The van der Waals surface area contributed by atoms with Crippen molar-refractivity contribution in [3.8, 4) is 0 Å². The van der Waals surface area contributed by atoms with E-state index in [1.54, 1.807) is 18.0 Å². The van der Waals surface area contributed by atoms with Crippen LogP contribution in [0.3, 0.4) is 0 Å². The lowest BCUT2D eigenvalue weighted by Gasteiger charge is -2.19. The highest BCUT2D eigenvalue weighted by molar-refractivity contribution is 5.49. The van der Waals surface area contributed by atoms with Crippen molar-refractivity contribution in [2.75, 3.05) is 17.7 Å². The third-order valence-electron chi connectivity index (χ3n) is 2.93. The molecule has 1 heterocycles. The van der Waals surface area contributed by atoms with Crippen molar-refractivity contribution in [3.05, 3.63) is 53.7 Å². The minimum Gasteiger partial charge on any atom is -0.398 e. The molecule has 2 N–H and O–H groups in total. The summed E-state index contributed by atoms with van der Waals surface area (Å²) in [5.74, 6) is 0.459. The molecule has 0 saturated heterocycles. The largest absolute Gasteiger partial charge is 0.417 e. The van der Waals surface area contributed by atoms with E-state index in [2.05, 4.69) is 4.98 Å². The van der Waals surface area contributed by atoms with Crippen LogP contribution in [0.4, 0.5) is 24.7 Å². The number of hydrogen-bond donors (Lipinski definition) is 1. The van der Waals surface area contributed by atoms with Crippen molar-refractivity contribution >= 4 is 11.5 Å². The fourth-order valence-corrected chi connectivity index (χ4v) is 1.79. The Morgan fingerprint density at radius 2 is 1.85 bits per heavy atom. The van der Waals surface area contributed by atoms with Crippen LogP contribution < -0.4 is 10.6 Å². The first-order valence-electron chi connectivity index (χ1n) is 5.95. The maximum Gasteiger partial charge on any atom is 0.417 e. The molecule has 0 spiro atoms. The van der Waals surface area contributed by atoms with Gasteiger partial charge in [0.05, 0.1) is 5.56 Å². The van der Waals surface area contributed by atoms with Crippen LogP contribution in [0.2, 0.25) is 0 Å². The number of nitrogens with zero attached hydrogens (tertiary/aromatic N) is 2. The van der Waals surface area contributed by atoms with Gasteiger partial charge >= 0.3 is 6.18 Å². The van der Waals surface area contributed by atoms with Crippen molar-refractivity contribution < 1.29 is 13.2 Å². The molecule has 0 fully saturated rings. The van der Waals surface area contributed by atoms with E-state index in [0.29, 0.717) is 18.1 Å². The van der Waals surface area contributed by atoms with Crippen LogP contribution in [0.5, 0.6) is 0 Å². The Morgan fingerprint density at radius 3 is 2.40 bits per heavy atom. The summed E-state index contributed by atoms with van der Waals surface area (Å²) in [6.45, 7) is 0.477. The Balaban J connectivity index is 2.14. The average molecular weight is 281 g/mol. The molecule has 2 rings (SSSR count). The molecule has 106 valence electrons. The zero-order valence-electron chi connectivity index (χ0n) is 10.9. The Kier molecular flexibility index (Phi) is 3.83. The van der Waals surface area contributed by atoms with Crippen LogP contribution in [0.1, 0.15) is 11.1 Å². The minimum absolute atomic E-state index is 0.459. The van der Waals surface area contributed by atoms with Gasteiger partial charge in [0.15, 0.2) is 0 Å². The Bertz CT molecular complexity index is 579. The summed E-state index contributed by atoms with van der Waals surface area (Å²) in [5.41, 5.74) is 6.62. The zero-order chi connectivity index (χ0) is 14.8. The fourth-order valence-electron chi connectivity index (χ4n) is 1.79. The van der Waals surface area contributed by atoms with Gasteiger partial charge in [0.2, 0.25) is 0 Å². The highest BCUT2D eigenvalue weighted by Gasteiger charge is 2.30. The lowest BCUT2D eigenvalue weighted by molar-refractivity contribution is -0.137. The minimum atomic E-state index is -4.37. The standard InChI is InChI=1S/C14H14F3N3/c1-20(9-10-4-2-3-5-12(10)18)13-7-6-11(8-19-13)14(15,16)17/h2-8H,9,18H2,1H3. The number of pyridine rings is 1. The number of alkyl halides is 3. The van der Waals surface area contributed by atoms with Gasteiger partial charge in [0.25, 0.3) is 0 Å². The van der Waals surface area contributed by atoms with E-state index in [1.807, 2.05) is 18.2 Å². The average Bonchev–Trinajstić information content (AvgIpc) is 2.40. The van der Waals surface area contributed by atoms with Gasteiger partial charge in [-0.15, -0.1) is 0 Å². The van der Waals surface area contributed by atoms with Crippen LogP contribution >= 0.6 is 0 Å². The van der Waals surface area contributed by atoms with Gasteiger partial charge in [0, 0.05) is 25.5 Å². The summed E-state index contributed by atoms with van der Waals surface area (Å²) in [7, 11) is 1.75. The number of anilines is 2. The van der Waals surface area contributed by atoms with Crippen molar-refractivity contribution in [1.82, 2.24) is 4.98 Å². The van der Waals surface area contributed by atoms with Gasteiger partial charge in [0.1, 0.15) is 5.82 Å². The quantitative estimate of drug-likeness (QED) is 0.878. The molecule has 1 aromatic heterocycles. The molecule has 1 aromatic carbocycles. The molecule has 0 atom stereocenters. The third-order valence-corrected chi connectivity index (χ3v) is 2.93. The molecule has 20 heavy (non-hydrogen) atoms. The van der Waals surface area contributed by atoms with E-state index >= 15 is 0 Å². The molecule has 3 nitrogen and oxygen atoms in total. The Morgan fingerprint density at radius 1 is 1.15 bits per heavy atom. The van der Waals surface area contributed by atoms with Gasteiger partial charge < -0.3 is 10.6 Å². The Hall–Kier alpha value is -2.24. The van der Waals surface area contributed by atoms with E-state index in [9.17, 15) is 13.2 Å². The summed E-state index contributed by atoms with van der Waals surface area (Å²) < 4.78 is 37.4. The first-order chi connectivity index (χ1) is 9.38. The third kappa shape index (κ3) is 3.20.